The summed E-state index contributed by atoms with van der Waals surface area (Å²) in [6, 6.07) is 9.47. The van der Waals surface area contributed by atoms with Crippen molar-refractivity contribution in [2.45, 2.75) is 19.3 Å². The summed E-state index contributed by atoms with van der Waals surface area (Å²) in [6.07, 6.45) is 4.63. The van der Waals surface area contributed by atoms with E-state index in [1.165, 1.54) is 0 Å². The highest BCUT2D eigenvalue weighted by atomic mass is 16.2. The van der Waals surface area contributed by atoms with Crippen LogP contribution in [-0.4, -0.2) is 36.9 Å². The van der Waals surface area contributed by atoms with Gasteiger partial charge in [-0.05, 0) is 18.6 Å². The normalized spacial score (nSPS) is 9.86. The third-order valence-electron chi connectivity index (χ3n) is 3.35. The van der Waals surface area contributed by atoms with E-state index in [1.807, 2.05) is 30.3 Å². The highest BCUT2D eigenvalue weighted by Crippen LogP contribution is 2.13. The van der Waals surface area contributed by atoms with Crippen molar-refractivity contribution >= 4 is 17.5 Å². The van der Waals surface area contributed by atoms with Crippen molar-refractivity contribution in [1.82, 2.24) is 4.90 Å². The second-order valence-corrected chi connectivity index (χ2v) is 5.02. The zero-order valence-corrected chi connectivity index (χ0v) is 13.2. The number of para-hydroxylation sites is 1. The lowest BCUT2D eigenvalue weighted by Gasteiger charge is -2.20. The molecule has 0 atom stereocenters. The summed E-state index contributed by atoms with van der Waals surface area (Å²) in [5, 5.41) is 0. The van der Waals surface area contributed by atoms with Gasteiger partial charge >= 0.3 is 0 Å². The van der Waals surface area contributed by atoms with Crippen LogP contribution in [0.25, 0.3) is 0 Å². The Hall–Kier alpha value is -2.36. The Morgan fingerprint density at radius 2 is 1.55 bits per heavy atom. The summed E-state index contributed by atoms with van der Waals surface area (Å²) in [7, 11) is 1.75. The molecule has 4 nitrogen and oxygen atoms in total. The Morgan fingerprint density at radius 1 is 1.00 bits per heavy atom. The molecule has 4 heteroatoms. The molecule has 118 valence electrons. The predicted molar refractivity (Wildman–Crippen MR) is 90.7 cm³/mol. The zero-order valence-electron chi connectivity index (χ0n) is 13.2. The smallest absolute Gasteiger partial charge is 0.226 e. The molecule has 0 unspecified atom stereocenters. The second-order valence-electron chi connectivity index (χ2n) is 5.02. The summed E-state index contributed by atoms with van der Waals surface area (Å²) < 4.78 is 0. The highest BCUT2D eigenvalue weighted by molar-refractivity contribution is 5.93. The quantitative estimate of drug-likeness (QED) is 0.658. The van der Waals surface area contributed by atoms with E-state index in [9.17, 15) is 9.59 Å². The minimum atomic E-state index is 0.0120. The van der Waals surface area contributed by atoms with Crippen LogP contribution in [0.2, 0.25) is 0 Å². The van der Waals surface area contributed by atoms with Gasteiger partial charge < -0.3 is 9.80 Å². The highest BCUT2D eigenvalue weighted by Gasteiger charge is 2.14. The maximum atomic E-state index is 12.1. The van der Waals surface area contributed by atoms with Gasteiger partial charge in [0.1, 0.15) is 0 Å². The van der Waals surface area contributed by atoms with Gasteiger partial charge in [0.15, 0.2) is 0 Å². The number of hydrogen-bond donors (Lipinski definition) is 0. The number of carbonyl (C=O) groups is 2. The first-order valence-corrected chi connectivity index (χ1v) is 7.41. The van der Waals surface area contributed by atoms with Gasteiger partial charge in [0.05, 0.1) is 0 Å². The van der Waals surface area contributed by atoms with Crippen molar-refractivity contribution in [2.24, 2.45) is 0 Å². The Bertz CT molecular complexity index is 501. The maximum absolute atomic E-state index is 12.1. The van der Waals surface area contributed by atoms with Crippen LogP contribution in [0.15, 0.2) is 55.6 Å². The summed E-state index contributed by atoms with van der Waals surface area (Å²) in [5.41, 5.74) is 0.860. The van der Waals surface area contributed by atoms with Gasteiger partial charge in [-0.15, -0.1) is 13.2 Å². The Labute approximate surface area is 132 Å². The molecule has 0 N–H and O–H groups in total. The largest absolute Gasteiger partial charge is 0.335 e. The van der Waals surface area contributed by atoms with Crippen molar-refractivity contribution < 1.29 is 9.59 Å². The number of benzene rings is 1. The Morgan fingerprint density at radius 3 is 2.09 bits per heavy atom. The van der Waals surface area contributed by atoms with Gasteiger partial charge in [0.25, 0.3) is 0 Å². The predicted octanol–water partition coefficient (Wildman–Crippen LogP) is 3.02. The summed E-state index contributed by atoms with van der Waals surface area (Å²) in [4.78, 5) is 27.5. The van der Waals surface area contributed by atoms with Gasteiger partial charge in [-0.25, -0.2) is 0 Å². The minimum Gasteiger partial charge on any atom is -0.335 e. The number of amides is 2. The number of hydrogen-bond acceptors (Lipinski definition) is 2. The standard InChI is InChI=1S/C18H24N2O2/c1-4-14-20(15-5-2)18(22)13-9-12-17(21)19(3)16-10-7-6-8-11-16/h4-8,10-11H,1-2,9,12-15H2,3H3. The number of anilines is 1. The average molecular weight is 300 g/mol. The molecule has 0 aromatic heterocycles. The lowest BCUT2D eigenvalue weighted by molar-refractivity contribution is -0.130. The fourth-order valence-corrected chi connectivity index (χ4v) is 2.10. The molecule has 0 aliphatic carbocycles. The SMILES string of the molecule is C=CCN(CC=C)C(=O)CCCC(=O)N(C)c1ccccc1. The van der Waals surface area contributed by atoms with Crippen molar-refractivity contribution in [3.05, 3.63) is 55.6 Å². The Balaban J connectivity index is 2.42. The molecule has 0 saturated heterocycles. The van der Waals surface area contributed by atoms with Gasteiger partial charge in [0, 0.05) is 38.7 Å². The number of nitrogens with zero attached hydrogens (tertiary/aromatic N) is 2. The molecule has 0 aliphatic rings. The van der Waals surface area contributed by atoms with E-state index in [1.54, 1.807) is 29.0 Å². The van der Waals surface area contributed by atoms with Crippen LogP contribution in [0.4, 0.5) is 5.69 Å². The van der Waals surface area contributed by atoms with Gasteiger partial charge in [-0.1, -0.05) is 30.4 Å². The van der Waals surface area contributed by atoms with Crippen LogP contribution in [0, 0.1) is 0 Å². The van der Waals surface area contributed by atoms with E-state index in [2.05, 4.69) is 13.2 Å². The monoisotopic (exact) mass is 300 g/mol. The topological polar surface area (TPSA) is 40.6 Å². The molecule has 0 spiro atoms. The van der Waals surface area contributed by atoms with Crippen LogP contribution in [0.3, 0.4) is 0 Å². The molecule has 0 radical (unpaired) electrons. The van der Waals surface area contributed by atoms with Gasteiger partial charge in [0.2, 0.25) is 11.8 Å². The lowest BCUT2D eigenvalue weighted by atomic mass is 10.2. The molecule has 0 heterocycles. The van der Waals surface area contributed by atoms with Crippen molar-refractivity contribution in [2.75, 3.05) is 25.0 Å². The fourth-order valence-electron chi connectivity index (χ4n) is 2.10. The van der Waals surface area contributed by atoms with Gasteiger partial charge in [-0.3, -0.25) is 9.59 Å². The maximum Gasteiger partial charge on any atom is 0.226 e. The molecule has 0 aliphatic heterocycles. The van der Waals surface area contributed by atoms with E-state index >= 15 is 0 Å². The van der Waals surface area contributed by atoms with Crippen LogP contribution in [-0.2, 0) is 9.59 Å². The molecule has 1 rings (SSSR count). The van der Waals surface area contributed by atoms with Crippen LogP contribution in [0.5, 0.6) is 0 Å². The van der Waals surface area contributed by atoms with E-state index in [0.717, 1.165) is 5.69 Å². The third-order valence-corrected chi connectivity index (χ3v) is 3.35. The van der Waals surface area contributed by atoms with Crippen LogP contribution < -0.4 is 4.90 Å². The number of carbonyl (C=O) groups excluding carboxylic acids is 2. The summed E-state index contributed by atoms with van der Waals surface area (Å²) in [5.74, 6) is 0.0351. The first kappa shape index (κ1) is 17.7. The zero-order chi connectivity index (χ0) is 16.4. The average Bonchev–Trinajstić information content (AvgIpc) is 2.54. The van der Waals surface area contributed by atoms with Crippen LogP contribution >= 0.6 is 0 Å². The van der Waals surface area contributed by atoms with E-state index in [4.69, 9.17) is 0 Å². The van der Waals surface area contributed by atoms with E-state index in [0.29, 0.717) is 32.4 Å². The third kappa shape index (κ3) is 5.56. The minimum absolute atomic E-state index is 0.0120. The molecular formula is C18H24N2O2. The van der Waals surface area contributed by atoms with Gasteiger partial charge in [-0.2, -0.15) is 0 Å². The van der Waals surface area contributed by atoms with Crippen molar-refractivity contribution in [1.29, 1.82) is 0 Å². The van der Waals surface area contributed by atoms with Crippen molar-refractivity contribution in [3.63, 3.8) is 0 Å². The lowest BCUT2D eigenvalue weighted by Crippen LogP contribution is -2.31. The molecule has 0 fully saturated rings. The van der Waals surface area contributed by atoms with Crippen LogP contribution in [0.1, 0.15) is 19.3 Å². The first-order chi connectivity index (χ1) is 10.6. The molecule has 1 aromatic rings. The molecule has 1 aromatic carbocycles. The second kappa shape index (κ2) is 9.55. The van der Waals surface area contributed by atoms with Crippen molar-refractivity contribution in [3.8, 4) is 0 Å². The summed E-state index contributed by atoms with van der Waals surface area (Å²) >= 11 is 0. The molecule has 22 heavy (non-hydrogen) atoms. The number of rotatable bonds is 9. The molecule has 2 amide bonds. The Kier molecular flexibility index (Phi) is 7.68. The fraction of sp³-hybridized carbons (Fsp3) is 0.333. The summed E-state index contributed by atoms with van der Waals surface area (Å²) in [6.45, 7) is 8.29. The van der Waals surface area contributed by atoms with E-state index < -0.39 is 0 Å². The molecular weight excluding hydrogens is 276 g/mol. The first-order valence-electron chi connectivity index (χ1n) is 7.41. The van der Waals surface area contributed by atoms with E-state index in [-0.39, 0.29) is 11.8 Å². The molecule has 0 saturated carbocycles. The molecule has 0 bridgehead atoms.